The normalized spacial score (nSPS) is 11.1. The molecule has 0 spiro atoms. The summed E-state index contributed by atoms with van der Waals surface area (Å²) in [6.45, 7) is 5.47. The summed E-state index contributed by atoms with van der Waals surface area (Å²) in [7, 11) is 1.90. The van der Waals surface area contributed by atoms with E-state index >= 15 is 0 Å². The van der Waals surface area contributed by atoms with Crippen LogP contribution >= 0.6 is 11.6 Å². The summed E-state index contributed by atoms with van der Waals surface area (Å²) < 4.78 is 8.03. The minimum absolute atomic E-state index is 0.373. The van der Waals surface area contributed by atoms with Crippen LogP contribution in [0.2, 0.25) is 5.02 Å². The Morgan fingerprint density at radius 1 is 1.40 bits per heavy atom. The number of halogens is 1. The first-order chi connectivity index (χ1) is 9.61. The van der Waals surface area contributed by atoms with Crippen molar-refractivity contribution in [2.75, 3.05) is 7.05 Å². The molecule has 0 radical (unpaired) electrons. The van der Waals surface area contributed by atoms with E-state index < -0.39 is 0 Å². The van der Waals surface area contributed by atoms with Gasteiger partial charge in [0, 0.05) is 23.2 Å². The minimum atomic E-state index is 0.373. The van der Waals surface area contributed by atoms with Crippen LogP contribution in [-0.2, 0) is 13.2 Å². The summed E-state index contributed by atoms with van der Waals surface area (Å²) in [5.74, 6) is 0.847. The number of nitrogens with one attached hydrogen (secondary N) is 1. The fourth-order valence-electron chi connectivity index (χ4n) is 2.08. The SMILES string of the molecule is CNCc1cc(Cl)ccc1OCc1cncn1C(C)C. The van der Waals surface area contributed by atoms with Gasteiger partial charge >= 0.3 is 0 Å². The van der Waals surface area contributed by atoms with E-state index in [0.717, 1.165) is 28.6 Å². The van der Waals surface area contributed by atoms with Crippen molar-refractivity contribution >= 4 is 11.6 Å². The smallest absolute Gasteiger partial charge is 0.130 e. The van der Waals surface area contributed by atoms with E-state index in [-0.39, 0.29) is 0 Å². The van der Waals surface area contributed by atoms with Gasteiger partial charge in [-0.2, -0.15) is 0 Å². The second-order valence-corrected chi connectivity index (χ2v) is 5.39. The lowest BCUT2D eigenvalue weighted by molar-refractivity contribution is 0.288. The van der Waals surface area contributed by atoms with E-state index in [1.807, 2.05) is 37.8 Å². The number of hydrogen-bond acceptors (Lipinski definition) is 3. The summed E-state index contributed by atoms with van der Waals surface area (Å²) in [5, 5.41) is 3.84. The van der Waals surface area contributed by atoms with Crippen LogP contribution in [0.4, 0.5) is 0 Å². The molecule has 4 nitrogen and oxygen atoms in total. The van der Waals surface area contributed by atoms with Crippen LogP contribution in [0.15, 0.2) is 30.7 Å². The molecular formula is C15H20ClN3O. The van der Waals surface area contributed by atoms with Gasteiger partial charge < -0.3 is 14.6 Å². The Bertz CT molecular complexity index is 566. The standard InChI is InChI=1S/C15H20ClN3O/c1-11(2)19-10-18-8-14(19)9-20-15-5-4-13(16)6-12(15)7-17-3/h4-6,8,10-11,17H,7,9H2,1-3H3. The Hall–Kier alpha value is -1.52. The summed E-state index contributed by atoms with van der Waals surface area (Å²) in [6.07, 6.45) is 3.67. The molecule has 0 atom stereocenters. The van der Waals surface area contributed by atoms with Crippen LogP contribution in [0.5, 0.6) is 5.75 Å². The molecule has 0 unspecified atom stereocenters. The number of ether oxygens (including phenoxy) is 1. The fourth-order valence-corrected chi connectivity index (χ4v) is 2.27. The molecule has 0 bridgehead atoms. The highest BCUT2D eigenvalue weighted by molar-refractivity contribution is 6.30. The van der Waals surface area contributed by atoms with Crippen molar-refractivity contribution < 1.29 is 4.74 Å². The van der Waals surface area contributed by atoms with Gasteiger partial charge in [-0.25, -0.2) is 4.98 Å². The second kappa shape index (κ2) is 6.77. The van der Waals surface area contributed by atoms with E-state index in [0.29, 0.717) is 12.6 Å². The number of benzene rings is 1. The average molecular weight is 294 g/mol. The van der Waals surface area contributed by atoms with Gasteiger partial charge in [0.05, 0.1) is 18.2 Å². The monoisotopic (exact) mass is 293 g/mol. The van der Waals surface area contributed by atoms with Gasteiger partial charge in [0.15, 0.2) is 0 Å². The van der Waals surface area contributed by atoms with E-state index in [1.54, 1.807) is 0 Å². The van der Waals surface area contributed by atoms with Gasteiger partial charge in [-0.1, -0.05) is 11.6 Å². The number of hydrogen-bond donors (Lipinski definition) is 1. The highest BCUT2D eigenvalue weighted by Crippen LogP contribution is 2.24. The van der Waals surface area contributed by atoms with Gasteiger partial charge in [0.1, 0.15) is 12.4 Å². The van der Waals surface area contributed by atoms with Crippen molar-refractivity contribution in [3.05, 3.63) is 47.0 Å². The van der Waals surface area contributed by atoms with Gasteiger partial charge in [-0.05, 0) is 39.1 Å². The predicted molar refractivity (Wildman–Crippen MR) is 81.2 cm³/mol. The Balaban J connectivity index is 2.12. The Morgan fingerprint density at radius 2 is 2.20 bits per heavy atom. The third-order valence-electron chi connectivity index (χ3n) is 3.07. The van der Waals surface area contributed by atoms with Gasteiger partial charge in [0.2, 0.25) is 0 Å². The Kier molecular flexibility index (Phi) is 5.04. The Labute approximate surface area is 124 Å². The molecule has 0 saturated heterocycles. The number of imidazole rings is 1. The van der Waals surface area contributed by atoms with Crippen LogP contribution in [0.3, 0.4) is 0 Å². The summed E-state index contributed by atoms with van der Waals surface area (Å²) in [5.41, 5.74) is 2.11. The maximum absolute atomic E-state index is 6.02. The predicted octanol–water partition coefficient (Wildman–Crippen LogP) is 3.42. The third-order valence-corrected chi connectivity index (χ3v) is 3.30. The van der Waals surface area contributed by atoms with E-state index in [2.05, 4.69) is 28.7 Å². The molecule has 20 heavy (non-hydrogen) atoms. The van der Waals surface area contributed by atoms with Gasteiger partial charge in [0.25, 0.3) is 0 Å². The van der Waals surface area contributed by atoms with Crippen LogP contribution in [-0.4, -0.2) is 16.6 Å². The molecule has 0 aliphatic rings. The second-order valence-electron chi connectivity index (χ2n) is 4.96. The summed E-state index contributed by atoms with van der Waals surface area (Å²) >= 11 is 6.02. The molecule has 0 fully saturated rings. The first-order valence-corrected chi connectivity index (χ1v) is 7.06. The molecule has 1 aromatic heterocycles. The number of aromatic nitrogens is 2. The van der Waals surface area contributed by atoms with E-state index in [4.69, 9.17) is 16.3 Å². The lowest BCUT2D eigenvalue weighted by Gasteiger charge is -2.14. The molecular weight excluding hydrogens is 274 g/mol. The highest BCUT2D eigenvalue weighted by atomic mass is 35.5. The Morgan fingerprint density at radius 3 is 2.90 bits per heavy atom. The van der Waals surface area contributed by atoms with E-state index in [9.17, 15) is 0 Å². The molecule has 0 saturated carbocycles. The molecule has 2 aromatic rings. The lowest BCUT2D eigenvalue weighted by Crippen LogP contribution is -2.10. The molecule has 1 aromatic carbocycles. The summed E-state index contributed by atoms with van der Waals surface area (Å²) in [6, 6.07) is 6.05. The van der Waals surface area contributed by atoms with Crippen LogP contribution in [0.25, 0.3) is 0 Å². The minimum Gasteiger partial charge on any atom is -0.487 e. The zero-order valence-electron chi connectivity index (χ0n) is 12.1. The van der Waals surface area contributed by atoms with Crippen molar-refractivity contribution in [1.82, 2.24) is 14.9 Å². The van der Waals surface area contributed by atoms with E-state index in [1.165, 1.54) is 0 Å². The van der Waals surface area contributed by atoms with Crippen molar-refractivity contribution in [1.29, 1.82) is 0 Å². The first kappa shape index (κ1) is 14.9. The molecule has 5 heteroatoms. The van der Waals surface area contributed by atoms with Crippen LogP contribution < -0.4 is 10.1 Å². The van der Waals surface area contributed by atoms with Crippen molar-refractivity contribution in [2.45, 2.75) is 33.0 Å². The highest BCUT2D eigenvalue weighted by Gasteiger charge is 2.08. The molecule has 1 heterocycles. The van der Waals surface area contributed by atoms with Crippen molar-refractivity contribution in [3.63, 3.8) is 0 Å². The molecule has 0 aliphatic carbocycles. The number of nitrogens with zero attached hydrogens (tertiary/aromatic N) is 2. The molecule has 108 valence electrons. The topological polar surface area (TPSA) is 39.1 Å². The van der Waals surface area contributed by atoms with Gasteiger partial charge in [-0.3, -0.25) is 0 Å². The average Bonchev–Trinajstić information content (AvgIpc) is 2.87. The molecule has 1 N–H and O–H groups in total. The molecule has 0 aliphatic heterocycles. The summed E-state index contributed by atoms with van der Waals surface area (Å²) in [4.78, 5) is 4.18. The van der Waals surface area contributed by atoms with Crippen LogP contribution in [0.1, 0.15) is 31.1 Å². The first-order valence-electron chi connectivity index (χ1n) is 6.68. The fraction of sp³-hybridized carbons (Fsp3) is 0.400. The van der Waals surface area contributed by atoms with Crippen molar-refractivity contribution in [3.8, 4) is 5.75 Å². The largest absolute Gasteiger partial charge is 0.487 e. The zero-order valence-corrected chi connectivity index (χ0v) is 12.8. The molecule has 2 rings (SSSR count). The maximum Gasteiger partial charge on any atom is 0.130 e. The molecule has 0 amide bonds. The van der Waals surface area contributed by atoms with Crippen LogP contribution in [0, 0.1) is 0 Å². The maximum atomic E-state index is 6.02. The number of rotatable bonds is 6. The van der Waals surface area contributed by atoms with Crippen molar-refractivity contribution in [2.24, 2.45) is 0 Å². The van der Waals surface area contributed by atoms with Gasteiger partial charge in [-0.15, -0.1) is 0 Å². The quantitative estimate of drug-likeness (QED) is 0.887. The lowest BCUT2D eigenvalue weighted by atomic mass is 10.2. The zero-order chi connectivity index (χ0) is 14.5. The third kappa shape index (κ3) is 3.52.